The van der Waals surface area contributed by atoms with Crippen molar-refractivity contribution in [1.29, 1.82) is 0 Å². The van der Waals surface area contributed by atoms with Crippen molar-refractivity contribution in [3.63, 3.8) is 0 Å². The molecule has 9 heteroatoms. The van der Waals surface area contributed by atoms with Crippen LogP contribution in [0.2, 0.25) is 0 Å². The first kappa shape index (κ1) is 29.7. The highest BCUT2D eigenvalue weighted by Gasteiger charge is 2.23. The number of carbonyl (C=O) groups excluding carboxylic acids is 2. The summed E-state index contributed by atoms with van der Waals surface area (Å²) < 4.78 is 16.8. The largest absolute Gasteiger partial charge is 0.493 e. The van der Waals surface area contributed by atoms with Crippen LogP contribution in [0.5, 0.6) is 11.5 Å². The van der Waals surface area contributed by atoms with Gasteiger partial charge in [0.05, 0.1) is 20.8 Å². The number of methoxy groups -OCH3 is 3. The zero-order valence-electron chi connectivity index (χ0n) is 22.4. The van der Waals surface area contributed by atoms with Crippen molar-refractivity contribution in [3.05, 3.63) is 80.0 Å². The number of ether oxygens (including phenoxy) is 3. The van der Waals surface area contributed by atoms with Crippen LogP contribution < -0.4 is 9.47 Å². The van der Waals surface area contributed by atoms with E-state index >= 15 is 0 Å². The molecule has 7 nitrogen and oxygen atoms in total. The van der Waals surface area contributed by atoms with Crippen LogP contribution in [0.3, 0.4) is 0 Å². The van der Waals surface area contributed by atoms with E-state index in [0.29, 0.717) is 56.1 Å². The minimum Gasteiger partial charge on any atom is -0.493 e. The number of halogens is 1. The molecule has 204 valence electrons. The molecule has 1 heterocycles. The van der Waals surface area contributed by atoms with Crippen molar-refractivity contribution in [2.24, 2.45) is 0 Å². The fourth-order valence-corrected chi connectivity index (χ4v) is 5.37. The lowest BCUT2D eigenvalue weighted by Gasteiger charge is -2.28. The van der Waals surface area contributed by atoms with Crippen LogP contribution in [0.25, 0.3) is 0 Å². The molecule has 0 bridgehead atoms. The number of hydrogen-bond acceptors (Lipinski definition) is 6. The zero-order valence-corrected chi connectivity index (χ0v) is 24.8. The molecule has 0 aliphatic carbocycles. The summed E-state index contributed by atoms with van der Waals surface area (Å²) in [5.74, 6) is 1.04. The van der Waals surface area contributed by atoms with E-state index in [2.05, 4.69) is 28.9 Å². The van der Waals surface area contributed by atoms with E-state index < -0.39 is 0 Å². The Hall–Kier alpha value is -2.88. The number of nitrogens with zero attached hydrogens (tertiary/aromatic N) is 2. The van der Waals surface area contributed by atoms with Crippen molar-refractivity contribution >= 4 is 39.1 Å². The second-order valence-electron chi connectivity index (χ2n) is 8.86. The van der Waals surface area contributed by atoms with Gasteiger partial charge in [-0.1, -0.05) is 28.1 Å². The summed E-state index contributed by atoms with van der Waals surface area (Å²) in [6, 6.07) is 15.1. The Balaban J connectivity index is 1.80. The number of amides is 2. The summed E-state index contributed by atoms with van der Waals surface area (Å²) in [5.41, 5.74) is 2.72. The lowest BCUT2D eigenvalue weighted by molar-refractivity contribution is -0.132. The minimum absolute atomic E-state index is 0.00851. The van der Waals surface area contributed by atoms with E-state index in [0.717, 1.165) is 20.5 Å². The van der Waals surface area contributed by atoms with Crippen molar-refractivity contribution in [1.82, 2.24) is 9.80 Å². The number of carbonyl (C=O) groups is 2. The number of benzene rings is 2. The van der Waals surface area contributed by atoms with Crippen LogP contribution in [-0.4, -0.2) is 69.2 Å². The van der Waals surface area contributed by atoms with Gasteiger partial charge in [0.25, 0.3) is 5.91 Å². The Morgan fingerprint density at radius 1 is 0.947 bits per heavy atom. The van der Waals surface area contributed by atoms with Crippen molar-refractivity contribution in [3.8, 4) is 11.5 Å². The van der Waals surface area contributed by atoms with Crippen LogP contribution in [-0.2, 0) is 22.5 Å². The quantitative estimate of drug-likeness (QED) is 0.225. The van der Waals surface area contributed by atoms with Crippen LogP contribution in [0.1, 0.15) is 32.8 Å². The van der Waals surface area contributed by atoms with Gasteiger partial charge >= 0.3 is 0 Å². The molecule has 2 aromatic carbocycles. The topological polar surface area (TPSA) is 68.3 Å². The zero-order chi connectivity index (χ0) is 27.5. The van der Waals surface area contributed by atoms with Gasteiger partial charge in [0.15, 0.2) is 11.5 Å². The molecule has 3 rings (SSSR count). The Labute approximate surface area is 237 Å². The molecule has 2 amide bonds. The van der Waals surface area contributed by atoms with Gasteiger partial charge in [0.1, 0.15) is 6.54 Å². The van der Waals surface area contributed by atoms with Gasteiger partial charge in [-0.2, -0.15) is 0 Å². The van der Waals surface area contributed by atoms with E-state index in [-0.39, 0.29) is 18.4 Å². The molecule has 38 heavy (non-hydrogen) atoms. The third-order valence-corrected chi connectivity index (χ3v) is 7.74. The third kappa shape index (κ3) is 8.31. The normalized spacial score (nSPS) is 10.8. The Morgan fingerprint density at radius 2 is 1.74 bits per heavy atom. The highest BCUT2D eigenvalue weighted by atomic mass is 79.9. The Morgan fingerprint density at radius 3 is 2.39 bits per heavy atom. The summed E-state index contributed by atoms with van der Waals surface area (Å²) in [5, 5.41) is 2.04. The molecular formula is C29H35BrN2O5S. The molecule has 0 N–H and O–H groups in total. The van der Waals surface area contributed by atoms with Gasteiger partial charge in [0, 0.05) is 41.7 Å². The predicted molar refractivity (Wildman–Crippen MR) is 154 cm³/mol. The number of thiophene rings is 1. The molecule has 0 atom stereocenters. The molecule has 0 saturated carbocycles. The van der Waals surface area contributed by atoms with Crippen LogP contribution >= 0.6 is 27.3 Å². The number of aryl methyl sites for hydroxylation is 1. The average Bonchev–Trinajstić information content (AvgIpc) is 3.33. The summed E-state index contributed by atoms with van der Waals surface area (Å²) in [6.07, 6.45) is 1.28. The average molecular weight is 604 g/mol. The molecule has 0 unspecified atom stereocenters. The maximum Gasteiger partial charge on any atom is 0.254 e. The van der Waals surface area contributed by atoms with Gasteiger partial charge in [-0.05, 0) is 72.7 Å². The van der Waals surface area contributed by atoms with Crippen LogP contribution in [0.4, 0.5) is 0 Å². The van der Waals surface area contributed by atoms with Gasteiger partial charge in [-0.3, -0.25) is 9.59 Å². The molecule has 1 aromatic heterocycles. The molecule has 0 saturated heterocycles. The second-order valence-corrected chi connectivity index (χ2v) is 10.8. The summed E-state index contributed by atoms with van der Waals surface area (Å²) in [6.45, 7) is 3.97. The first-order valence-electron chi connectivity index (χ1n) is 12.4. The summed E-state index contributed by atoms with van der Waals surface area (Å²) in [7, 11) is 4.84. The SMILES string of the molecule is COCCCN(CC(=O)N(CCc1ccc(OC)c(OC)c1)Cc1sccc1C)C(=O)c1cccc(Br)c1. The lowest BCUT2D eigenvalue weighted by Crippen LogP contribution is -2.44. The Kier molecular flexibility index (Phi) is 11.6. The standard InChI is InChI=1S/C29H35BrN2O5S/c1-21-12-16-38-27(21)19-31(14-11-22-9-10-25(36-3)26(17-22)37-4)28(33)20-32(13-6-15-35-2)29(34)23-7-5-8-24(30)18-23/h5,7-10,12,16-18H,6,11,13-15,19-20H2,1-4H3. The third-order valence-electron chi connectivity index (χ3n) is 6.24. The maximum atomic E-state index is 13.7. The smallest absolute Gasteiger partial charge is 0.254 e. The summed E-state index contributed by atoms with van der Waals surface area (Å²) in [4.78, 5) is 31.7. The van der Waals surface area contributed by atoms with Crippen LogP contribution in [0, 0.1) is 6.92 Å². The van der Waals surface area contributed by atoms with Gasteiger partial charge in [-0.15, -0.1) is 11.3 Å². The van der Waals surface area contributed by atoms with Crippen molar-refractivity contribution in [2.45, 2.75) is 26.3 Å². The molecule has 3 aromatic rings. The first-order valence-corrected chi connectivity index (χ1v) is 14.1. The fourth-order valence-electron chi connectivity index (χ4n) is 4.05. The van der Waals surface area contributed by atoms with Crippen molar-refractivity contribution in [2.75, 3.05) is 47.6 Å². The van der Waals surface area contributed by atoms with E-state index in [1.807, 2.05) is 40.6 Å². The predicted octanol–water partition coefficient (Wildman–Crippen LogP) is 5.59. The number of rotatable bonds is 14. The minimum atomic E-state index is -0.178. The molecule has 0 radical (unpaired) electrons. The highest BCUT2D eigenvalue weighted by molar-refractivity contribution is 9.10. The molecule has 0 aliphatic rings. The molecular weight excluding hydrogens is 568 g/mol. The van der Waals surface area contributed by atoms with Crippen LogP contribution in [0.15, 0.2) is 58.4 Å². The van der Waals surface area contributed by atoms with E-state index in [9.17, 15) is 9.59 Å². The monoisotopic (exact) mass is 602 g/mol. The molecule has 0 aliphatic heterocycles. The number of hydrogen-bond donors (Lipinski definition) is 0. The molecule has 0 fully saturated rings. The van der Waals surface area contributed by atoms with Gasteiger partial charge in [-0.25, -0.2) is 0 Å². The fraction of sp³-hybridized carbons (Fsp3) is 0.379. The molecule has 0 spiro atoms. The highest BCUT2D eigenvalue weighted by Crippen LogP contribution is 2.28. The summed E-state index contributed by atoms with van der Waals surface area (Å²) >= 11 is 5.07. The van der Waals surface area contributed by atoms with E-state index in [1.54, 1.807) is 49.7 Å². The second kappa shape index (κ2) is 14.9. The van der Waals surface area contributed by atoms with Gasteiger partial charge in [0.2, 0.25) is 5.91 Å². The van der Waals surface area contributed by atoms with Gasteiger partial charge < -0.3 is 24.0 Å². The van der Waals surface area contributed by atoms with E-state index in [4.69, 9.17) is 14.2 Å². The van der Waals surface area contributed by atoms with E-state index in [1.165, 1.54) is 0 Å². The van der Waals surface area contributed by atoms with Crippen molar-refractivity contribution < 1.29 is 23.8 Å². The maximum absolute atomic E-state index is 13.7. The lowest BCUT2D eigenvalue weighted by atomic mass is 10.1. The first-order chi connectivity index (χ1) is 18.4. The Bertz CT molecular complexity index is 1220.